The highest BCUT2D eigenvalue weighted by Gasteiger charge is 2.41. The summed E-state index contributed by atoms with van der Waals surface area (Å²) in [4.78, 5) is 22.7. The van der Waals surface area contributed by atoms with Crippen molar-refractivity contribution in [2.24, 2.45) is 0 Å². The van der Waals surface area contributed by atoms with Crippen molar-refractivity contribution in [2.45, 2.75) is 32.2 Å². The van der Waals surface area contributed by atoms with Gasteiger partial charge in [0.05, 0.1) is 0 Å². The van der Waals surface area contributed by atoms with E-state index in [-0.39, 0.29) is 0 Å². The van der Waals surface area contributed by atoms with Gasteiger partial charge < -0.3 is 18.9 Å². The Labute approximate surface area is 151 Å². The van der Waals surface area contributed by atoms with Crippen LogP contribution in [0.1, 0.15) is 37.2 Å². The summed E-state index contributed by atoms with van der Waals surface area (Å²) in [5.41, 5.74) is 1.61. The van der Waals surface area contributed by atoms with Crippen LogP contribution in [0.4, 0.5) is 0 Å². The molecule has 0 bridgehead atoms. The first-order valence-electron chi connectivity index (χ1n) is 8.23. The lowest BCUT2D eigenvalue weighted by Gasteiger charge is -2.38. The van der Waals surface area contributed by atoms with Gasteiger partial charge in [0.2, 0.25) is 0 Å². The summed E-state index contributed by atoms with van der Waals surface area (Å²) in [6.07, 6.45) is -1.65. The molecule has 0 aromatic heterocycles. The Balaban J connectivity index is 1.97. The normalized spacial score (nSPS) is 21.3. The maximum atomic E-state index is 11.6. The quantitative estimate of drug-likeness (QED) is 0.618. The van der Waals surface area contributed by atoms with Crippen molar-refractivity contribution in [2.75, 3.05) is 7.11 Å². The highest BCUT2D eigenvalue weighted by atomic mass is 16.6. The molecule has 0 radical (unpaired) electrons. The number of benzene rings is 2. The second-order valence-corrected chi connectivity index (χ2v) is 5.97. The lowest BCUT2D eigenvalue weighted by molar-refractivity contribution is -0.167. The molecule has 1 aliphatic rings. The van der Waals surface area contributed by atoms with E-state index in [1.165, 1.54) is 13.8 Å². The van der Waals surface area contributed by atoms with E-state index in [1.54, 1.807) is 31.4 Å². The van der Waals surface area contributed by atoms with E-state index in [0.29, 0.717) is 11.5 Å². The molecule has 26 heavy (non-hydrogen) atoms. The molecule has 1 heterocycles. The molecule has 3 rings (SSSR count). The number of carbonyl (C=O) groups excluding carboxylic acids is 2. The van der Waals surface area contributed by atoms with Gasteiger partial charge in [0, 0.05) is 26.5 Å². The first-order valence-corrected chi connectivity index (χ1v) is 8.23. The van der Waals surface area contributed by atoms with Crippen molar-refractivity contribution >= 4 is 11.9 Å². The number of para-hydroxylation sites is 1. The van der Waals surface area contributed by atoms with Crippen LogP contribution in [0.3, 0.4) is 0 Å². The number of fused-ring (bicyclic) bond motifs is 1. The fourth-order valence-electron chi connectivity index (χ4n) is 3.09. The van der Waals surface area contributed by atoms with Gasteiger partial charge in [-0.1, -0.05) is 30.3 Å². The fraction of sp³-hybridized carbons (Fsp3) is 0.300. The average Bonchev–Trinajstić information content (AvgIpc) is 2.61. The Morgan fingerprint density at radius 2 is 1.65 bits per heavy atom. The maximum Gasteiger partial charge on any atom is 0.308 e. The highest BCUT2D eigenvalue weighted by Crippen LogP contribution is 2.44. The molecular weight excluding hydrogens is 336 g/mol. The molecule has 0 spiro atoms. The van der Waals surface area contributed by atoms with Gasteiger partial charge in [-0.25, -0.2) is 0 Å². The van der Waals surface area contributed by atoms with Crippen molar-refractivity contribution in [3.8, 4) is 11.5 Å². The van der Waals surface area contributed by atoms with Crippen molar-refractivity contribution in [3.63, 3.8) is 0 Å². The van der Waals surface area contributed by atoms with Crippen molar-refractivity contribution in [1.82, 2.24) is 0 Å². The summed E-state index contributed by atoms with van der Waals surface area (Å²) in [6.45, 7) is 2.70. The van der Waals surface area contributed by atoms with E-state index in [2.05, 4.69) is 0 Å². The molecule has 6 nitrogen and oxygen atoms in total. The largest absolute Gasteiger partial charge is 0.481 e. The standard InChI is InChI=1S/C20H20O6/c1-12(21)24-15-10-8-14(9-11-15)18-20(25-13(2)22)19(23-3)16-6-4-5-7-17(16)26-18/h4-11,18-20H,1-3H3/t18-,19+,20-/m1/s1. The number of methoxy groups -OCH3 is 1. The minimum atomic E-state index is -0.646. The van der Waals surface area contributed by atoms with Crippen LogP contribution in [0.15, 0.2) is 48.5 Å². The van der Waals surface area contributed by atoms with Crippen molar-refractivity contribution < 1.29 is 28.5 Å². The number of hydrogen-bond donors (Lipinski definition) is 0. The minimum Gasteiger partial charge on any atom is -0.481 e. The molecule has 6 heteroatoms. The Morgan fingerprint density at radius 3 is 2.27 bits per heavy atom. The smallest absolute Gasteiger partial charge is 0.308 e. The van der Waals surface area contributed by atoms with Gasteiger partial charge in [-0.15, -0.1) is 0 Å². The zero-order valence-electron chi connectivity index (χ0n) is 14.8. The van der Waals surface area contributed by atoms with E-state index < -0.39 is 30.3 Å². The first-order chi connectivity index (χ1) is 12.5. The van der Waals surface area contributed by atoms with Crippen LogP contribution in [0.25, 0.3) is 0 Å². The van der Waals surface area contributed by atoms with Crippen LogP contribution in [-0.4, -0.2) is 25.2 Å². The number of hydrogen-bond acceptors (Lipinski definition) is 6. The van der Waals surface area contributed by atoms with Crippen molar-refractivity contribution in [1.29, 1.82) is 0 Å². The molecular formula is C20H20O6. The van der Waals surface area contributed by atoms with Gasteiger partial charge in [-0.2, -0.15) is 0 Å². The van der Waals surface area contributed by atoms with E-state index in [1.807, 2.05) is 24.3 Å². The summed E-state index contributed by atoms with van der Waals surface area (Å²) < 4.78 is 22.3. The maximum absolute atomic E-state index is 11.6. The third kappa shape index (κ3) is 3.70. The summed E-state index contributed by atoms with van der Waals surface area (Å²) in [7, 11) is 1.57. The van der Waals surface area contributed by atoms with Crippen LogP contribution in [0.5, 0.6) is 11.5 Å². The lowest BCUT2D eigenvalue weighted by atomic mass is 9.92. The van der Waals surface area contributed by atoms with Crippen LogP contribution >= 0.6 is 0 Å². The van der Waals surface area contributed by atoms with Gasteiger partial charge >= 0.3 is 11.9 Å². The van der Waals surface area contributed by atoms with Gasteiger partial charge in [0.1, 0.15) is 17.6 Å². The third-order valence-electron chi connectivity index (χ3n) is 4.10. The van der Waals surface area contributed by atoms with E-state index in [9.17, 15) is 9.59 Å². The zero-order valence-corrected chi connectivity index (χ0v) is 14.8. The lowest BCUT2D eigenvalue weighted by Crippen LogP contribution is -2.38. The van der Waals surface area contributed by atoms with Crippen LogP contribution in [-0.2, 0) is 19.1 Å². The predicted molar refractivity (Wildman–Crippen MR) is 92.9 cm³/mol. The monoisotopic (exact) mass is 356 g/mol. The Morgan fingerprint density at radius 1 is 0.962 bits per heavy atom. The molecule has 2 aromatic rings. The molecule has 0 amide bonds. The van der Waals surface area contributed by atoms with E-state index in [0.717, 1.165) is 11.1 Å². The number of rotatable bonds is 4. The molecule has 0 aliphatic carbocycles. The number of carbonyl (C=O) groups is 2. The molecule has 0 N–H and O–H groups in total. The minimum absolute atomic E-state index is 0.391. The van der Waals surface area contributed by atoms with Crippen molar-refractivity contribution in [3.05, 3.63) is 59.7 Å². The van der Waals surface area contributed by atoms with Gasteiger partial charge in [0.25, 0.3) is 0 Å². The molecule has 0 saturated heterocycles. The summed E-state index contributed by atoms with van der Waals surface area (Å²) >= 11 is 0. The molecule has 0 unspecified atom stereocenters. The molecule has 0 saturated carbocycles. The summed E-state index contributed by atoms with van der Waals surface area (Å²) in [5.74, 6) is 0.306. The molecule has 0 fully saturated rings. The SMILES string of the molecule is CO[C@H]1c2ccccc2O[C@H](c2ccc(OC(C)=O)cc2)[C@H]1OC(C)=O. The van der Waals surface area contributed by atoms with Gasteiger partial charge in [0.15, 0.2) is 12.2 Å². The molecule has 1 aliphatic heterocycles. The van der Waals surface area contributed by atoms with Gasteiger partial charge in [-0.05, 0) is 23.8 Å². The Bertz CT molecular complexity index is 798. The summed E-state index contributed by atoms with van der Waals surface area (Å²) in [6, 6.07) is 14.4. The van der Waals surface area contributed by atoms with E-state index >= 15 is 0 Å². The second kappa shape index (κ2) is 7.58. The third-order valence-corrected chi connectivity index (χ3v) is 4.10. The average molecular weight is 356 g/mol. The van der Waals surface area contributed by atoms with E-state index in [4.69, 9.17) is 18.9 Å². The Hall–Kier alpha value is -2.86. The summed E-state index contributed by atoms with van der Waals surface area (Å²) in [5, 5.41) is 0. The topological polar surface area (TPSA) is 71.1 Å². The zero-order chi connectivity index (χ0) is 18.7. The second-order valence-electron chi connectivity index (χ2n) is 5.97. The number of esters is 2. The van der Waals surface area contributed by atoms with Crippen LogP contribution in [0.2, 0.25) is 0 Å². The van der Waals surface area contributed by atoms with Crippen LogP contribution < -0.4 is 9.47 Å². The number of ether oxygens (including phenoxy) is 4. The fourth-order valence-corrected chi connectivity index (χ4v) is 3.09. The molecule has 136 valence electrons. The highest BCUT2D eigenvalue weighted by molar-refractivity contribution is 5.69. The molecule has 3 atom stereocenters. The predicted octanol–water partition coefficient (Wildman–Crippen LogP) is 3.36. The van der Waals surface area contributed by atoms with Crippen LogP contribution in [0, 0.1) is 0 Å². The first kappa shape index (κ1) is 17.9. The molecule has 2 aromatic carbocycles. The van der Waals surface area contributed by atoms with Gasteiger partial charge in [-0.3, -0.25) is 9.59 Å². The Kier molecular flexibility index (Phi) is 5.23.